The van der Waals surface area contributed by atoms with E-state index in [1.54, 1.807) is 18.6 Å². The van der Waals surface area contributed by atoms with Crippen LogP contribution in [0, 0.1) is 0 Å². The summed E-state index contributed by atoms with van der Waals surface area (Å²) in [6, 6.07) is 5.77. The molecule has 0 amide bonds. The van der Waals surface area contributed by atoms with Crippen molar-refractivity contribution in [1.82, 2.24) is 20.2 Å². The van der Waals surface area contributed by atoms with E-state index in [-0.39, 0.29) is 6.04 Å². The third-order valence-electron chi connectivity index (χ3n) is 2.53. The molecule has 0 saturated heterocycles. The van der Waals surface area contributed by atoms with Crippen molar-refractivity contribution in [2.75, 3.05) is 0 Å². The molecule has 2 rings (SSSR count). The van der Waals surface area contributed by atoms with Gasteiger partial charge >= 0.3 is 0 Å². The Kier molecular flexibility index (Phi) is 3.28. The maximum absolute atomic E-state index is 5.60. The van der Waals surface area contributed by atoms with Gasteiger partial charge in [-0.3, -0.25) is 15.5 Å². The largest absolute Gasteiger partial charge is 0.271 e. The minimum absolute atomic E-state index is 0.0730. The number of hydrazine groups is 1. The summed E-state index contributed by atoms with van der Waals surface area (Å²) < 4.78 is 1.91. The molecule has 0 radical (unpaired) electrons. The smallest absolute Gasteiger partial charge is 0.0893 e. The van der Waals surface area contributed by atoms with Gasteiger partial charge in [-0.1, -0.05) is 6.07 Å². The average molecular weight is 217 g/mol. The zero-order chi connectivity index (χ0) is 11.4. The quantitative estimate of drug-likeness (QED) is 0.588. The van der Waals surface area contributed by atoms with E-state index in [1.807, 2.05) is 29.8 Å². The lowest BCUT2D eigenvalue weighted by Gasteiger charge is -2.17. The first-order valence-corrected chi connectivity index (χ1v) is 5.24. The van der Waals surface area contributed by atoms with Crippen molar-refractivity contribution in [1.29, 1.82) is 0 Å². The van der Waals surface area contributed by atoms with Crippen LogP contribution in [0.15, 0.2) is 36.8 Å². The van der Waals surface area contributed by atoms with Crippen molar-refractivity contribution in [3.63, 3.8) is 0 Å². The summed E-state index contributed by atoms with van der Waals surface area (Å²) in [7, 11) is 0. The molecule has 1 unspecified atom stereocenters. The molecule has 84 valence electrons. The fourth-order valence-corrected chi connectivity index (χ4v) is 1.75. The minimum Gasteiger partial charge on any atom is -0.271 e. The van der Waals surface area contributed by atoms with Gasteiger partial charge in [0, 0.05) is 25.1 Å². The first kappa shape index (κ1) is 10.8. The van der Waals surface area contributed by atoms with Gasteiger partial charge in [0.1, 0.15) is 0 Å². The third kappa shape index (κ3) is 1.95. The summed E-state index contributed by atoms with van der Waals surface area (Å²) in [5.41, 5.74) is 4.86. The molecule has 5 nitrogen and oxygen atoms in total. The van der Waals surface area contributed by atoms with Crippen molar-refractivity contribution < 1.29 is 0 Å². The molecule has 0 bridgehead atoms. The highest BCUT2D eigenvalue weighted by Gasteiger charge is 2.16. The van der Waals surface area contributed by atoms with E-state index >= 15 is 0 Å². The van der Waals surface area contributed by atoms with Gasteiger partial charge in [-0.25, -0.2) is 5.43 Å². The molecule has 16 heavy (non-hydrogen) atoms. The first-order valence-electron chi connectivity index (χ1n) is 5.24. The number of rotatable bonds is 4. The Morgan fingerprint density at radius 3 is 2.94 bits per heavy atom. The Balaban J connectivity index is 2.37. The fourth-order valence-electron chi connectivity index (χ4n) is 1.75. The van der Waals surface area contributed by atoms with E-state index < -0.39 is 0 Å². The van der Waals surface area contributed by atoms with Crippen LogP contribution in [0.25, 0.3) is 0 Å². The highest BCUT2D eigenvalue weighted by atomic mass is 15.3. The summed E-state index contributed by atoms with van der Waals surface area (Å²) in [4.78, 5) is 4.09. The Hall–Kier alpha value is -1.72. The van der Waals surface area contributed by atoms with Crippen LogP contribution >= 0.6 is 0 Å². The maximum atomic E-state index is 5.60. The van der Waals surface area contributed by atoms with Crippen LogP contribution in [0.3, 0.4) is 0 Å². The number of nitrogens with two attached hydrogens (primary N) is 1. The number of hydrogen-bond donors (Lipinski definition) is 2. The van der Waals surface area contributed by atoms with Crippen LogP contribution in [0.5, 0.6) is 0 Å². The second-order valence-corrected chi connectivity index (χ2v) is 3.46. The topological polar surface area (TPSA) is 68.8 Å². The summed E-state index contributed by atoms with van der Waals surface area (Å²) in [6.07, 6.45) is 5.32. The van der Waals surface area contributed by atoms with Crippen molar-refractivity contribution >= 4 is 0 Å². The molecular weight excluding hydrogens is 202 g/mol. The summed E-state index contributed by atoms with van der Waals surface area (Å²) in [6.45, 7) is 2.87. The van der Waals surface area contributed by atoms with E-state index in [0.717, 1.165) is 17.8 Å². The molecule has 2 heterocycles. The van der Waals surface area contributed by atoms with E-state index in [1.165, 1.54) is 0 Å². The molecule has 0 aromatic carbocycles. The first-order chi connectivity index (χ1) is 7.86. The van der Waals surface area contributed by atoms with Gasteiger partial charge in [-0.15, -0.1) is 0 Å². The normalized spacial score (nSPS) is 12.6. The molecule has 1 atom stereocenters. The fraction of sp³-hybridized carbons (Fsp3) is 0.273. The molecular formula is C11H15N5. The van der Waals surface area contributed by atoms with Crippen LogP contribution in [-0.2, 0) is 6.54 Å². The highest BCUT2D eigenvalue weighted by Crippen LogP contribution is 2.19. The molecule has 0 spiro atoms. The van der Waals surface area contributed by atoms with E-state index in [4.69, 9.17) is 5.84 Å². The lowest BCUT2D eigenvalue weighted by molar-refractivity contribution is 0.542. The molecule has 0 aliphatic rings. The zero-order valence-electron chi connectivity index (χ0n) is 9.17. The second-order valence-electron chi connectivity index (χ2n) is 3.46. The molecule has 5 heteroatoms. The lowest BCUT2D eigenvalue weighted by atomic mass is 10.1. The maximum Gasteiger partial charge on any atom is 0.0893 e. The average Bonchev–Trinajstić information content (AvgIpc) is 2.80. The molecule has 0 aliphatic heterocycles. The summed E-state index contributed by atoms with van der Waals surface area (Å²) >= 11 is 0. The molecule has 0 aliphatic carbocycles. The van der Waals surface area contributed by atoms with Crippen LogP contribution in [0.4, 0.5) is 0 Å². The number of pyridine rings is 1. The van der Waals surface area contributed by atoms with Gasteiger partial charge < -0.3 is 0 Å². The Bertz CT molecular complexity index is 437. The standard InChI is InChI=1S/C11H15N5/c1-2-16-10(5-7-14-16)11(15-12)9-4-3-6-13-8-9/h3-8,11,15H,2,12H2,1H3. The minimum atomic E-state index is -0.0730. The Labute approximate surface area is 94.3 Å². The van der Waals surface area contributed by atoms with Crippen molar-refractivity contribution in [3.8, 4) is 0 Å². The van der Waals surface area contributed by atoms with Crippen LogP contribution in [-0.4, -0.2) is 14.8 Å². The van der Waals surface area contributed by atoms with Gasteiger partial charge in [-0.2, -0.15) is 5.10 Å². The van der Waals surface area contributed by atoms with Gasteiger partial charge in [0.25, 0.3) is 0 Å². The Morgan fingerprint density at radius 2 is 2.31 bits per heavy atom. The van der Waals surface area contributed by atoms with Crippen LogP contribution in [0.1, 0.15) is 24.2 Å². The molecule has 2 aromatic rings. The van der Waals surface area contributed by atoms with Crippen LogP contribution < -0.4 is 11.3 Å². The number of nitrogens with zero attached hydrogens (tertiary/aromatic N) is 3. The van der Waals surface area contributed by atoms with Gasteiger partial charge in [0.05, 0.1) is 11.7 Å². The number of aryl methyl sites for hydroxylation is 1. The van der Waals surface area contributed by atoms with Crippen molar-refractivity contribution in [3.05, 3.63) is 48.0 Å². The second kappa shape index (κ2) is 4.87. The van der Waals surface area contributed by atoms with Crippen molar-refractivity contribution in [2.45, 2.75) is 19.5 Å². The zero-order valence-corrected chi connectivity index (χ0v) is 9.17. The van der Waals surface area contributed by atoms with E-state index in [2.05, 4.69) is 15.5 Å². The van der Waals surface area contributed by atoms with Gasteiger partial charge in [-0.05, 0) is 24.6 Å². The monoisotopic (exact) mass is 217 g/mol. The Morgan fingerprint density at radius 1 is 1.44 bits per heavy atom. The number of hydrogen-bond acceptors (Lipinski definition) is 4. The highest BCUT2D eigenvalue weighted by molar-refractivity contribution is 5.24. The molecule has 2 aromatic heterocycles. The predicted molar refractivity (Wildman–Crippen MR) is 61.3 cm³/mol. The van der Waals surface area contributed by atoms with Crippen LogP contribution in [0.2, 0.25) is 0 Å². The predicted octanol–water partition coefficient (Wildman–Crippen LogP) is 0.851. The van der Waals surface area contributed by atoms with E-state index in [0.29, 0.717) is 0 Å². The number of aromatic nitrogens is 3. The third-order valence-corrected chi connectivity index (χ3v) is 2.53. The van der Waals surface area contributed by atoms with Gasteiger partial charge in [0.15, 0.2) is 0 Å². The van der Waals surface area contributed by atoms with Gasteiger partial charge in [0.2, 0.25) is 0 Å². The van der Waals surface area contributed by atoms with Crippen molar-refractivity contribution in [2.24, 2.45) is 5.84 Å². The summed E-state index contributed by atoms with van der Waals surface area (Å²) in [5.74, 6) is 5.60. The lowest BCUT2D eigenvalue weighted by Crippen LogP contribution is -2.30. The SMILES string of the molecule is CCn1nccc1C(NN)c1cccnc1. The molecule has 3 N–H and O–H groups in total. The number of nitrogens with one attached hydrogen (secondary N) is 1. The molecule has 0 saturated carbocycles. The van der Waals surface area contributed by atoms with E-state index in [9.17, 15) is 0 Å². The summed E-state index contributed by atoms with van der Waals surface area (Å²) in [5, 5.41) is 4.23. The molecule has 0 fully saturated rings.